The van der Waals surface area contributed by atoms with Crippen LogP contribution >= 0.6 is 7.60 Å². The van der Waals surface area contributed by atoms with Crippen molar-refractivity contribution < 1.29 is 18.4 Å². The molecule has 2 rings (SSSR count). The molecular formula is C17H17O4P. The van der Waals surface area contributed by atoms with Gasteiger partial charge in [-0.05, 0) is 10.8 Å². The van der Waals surface area contributed by atoms with Gasteiger partial charge in [-0.25, -0.2) is 0 Å². The molecule has 0 unspecified atom stereocenters. The van der Waals surface area contributed by atoms with Crippen LogP contribution in [0.25, 0.3) is 10.8 Å². The van der Waals surface area contributed by atoms with E-state index in [4.69, 9.17) is 9.05 Å². The highest BCUT2D eigenvalue weighted by Gasteiger charge is 2.36. The quantitative estimate of drug-likeness (QED) is 0.528. The Morgan fingerprint density at radius 1 is 1.00 bits per heavy atom. The number of carbonyl (C=O) groups is 1. The third-order valence-electron chi connectivity index (χ3n) is 2.99. The van der Waals surface area contributed by atoms with Gasteiger partial charge >= 0.3 is 7.60 Å². The summed E-state index contributed by atoms with van der Waals surface area (Å²) in [5.74, 6) is 0. The van der Waals surface area contributed by atoms with Gasteiger partial charge in [-0.15, -0.1) is 13.2 Å². The summed E-state index contributed by atoms with van der Waals surface area (Å²) >= 11 is 0. The van der Waals surface area contributed by atoms with Gasteiger partial charge in [0.2, 0.25) is 0 Å². The highest BCUT2D eigenvalue weighted by Crippen LogP contribution is 2.52. The SMILES string of the molecule is C=CCOP(=O)(OCC=C)C(=O)c1cccc2ccccc12. The van der Waals surface area contributed by atoms with E-state index in [1.807, 2.05) is 24.3 Å². The topological polar surface area (TPSA) is 52.6 Å². The van der Waals surface area contributed by atoms with Crippen LogP contribution in [-0.4, -0.2) is 18.7 Å². The number of hydrogen-bond donors (Lipinski definition) is 0. The molecular weight excluding hydrogens is 299 g/mol. The van der Waals surface area contributed by atoms with Crippen molar-refractivity contribution in [2.24, 2.45) is 0 Å². The van der Waals surface area contributed by atoms with Crippen LogP contribution in [0.5, 0.6) is 0 Å². The maximum Gasteiger partial charge on any atom is 0.402 e. The molecule has 0 saturated carbocycles. The zero-order chi connectivity index (χ0) is 16.0. The second kappa shape index (κ2) is 7.32. The summed E-state index contributed by atoms with van der Waals surface area (Å²) in [6.45, 7) is 6.91. The maximum absolute atomic E-state index is 12.8. The lowest BCUT2D eigenvalue weighted by Gasteiger charge is -2.16. The van der Waals surface area contributed by atoms with E-state index in [1.54, 1.807) is 18.2 Å². The van der Waals surface area contributed by atoms with Crippen LogP contribution in [0.15, 0.2) is 67.8 Å². The number of fused-ring (bicyclic) bond motifs is 1. The van der Waals surface area contributed by atoms with E-state index in [0.29, 0.717) is 10.9 Å². The molecule has 0 atom stereocenters. The Balaban J connectivity index is 2.46. The van der Waals surface area contributed by atoms with Gasteiger partial charge in [-0.2, -0.15) is 0 Å². The summed E-state index contributed by atoms with van der Waals surface area (Å²) in [6.07, 6.45) is 2.83. The first-order valence-electron chi connectivity index (χ1n) is 6.76. The molecule has 0 saturated heterocycles. The molecule has 5 heteroatoms. The van der Waals surface area contributed by atoms with Crippen molar-refractivity contribution in [2.75, 3.05) is 13.2 Å². The van der Waals surface area contributed by atoms with Gasteiger partial charge in [0, 0.05) is 5.56 Å². The van der Waals surface area contributed by atoms with Crippen LogP contribution in [0.4, 0.5) is 0 Å². The molecule has 0 aliphatic heterocycles. The van der Waals surface area contributed by atoms with Gasteiger partial charge in [0.05, 0.1) is 13.2 Å². The van der Waals surface area contributed by atoms with Gasteiger partial charge in [-0.1, -0.05) is 54.6 Å². The van der Waals surface area contributed by atoms with Gasteiger partial charge in [-0.3, -0.25) is 18.4 Å². The van der Waals surface area contributed by atoms with Crippen LogP contribution in [0, 0.1) is 0 Å². The third kappa shape index (κ3) is 3.42. The molecule has 0 N–H and O–H groups in total. The van der Waals surface area contributed by atoms with E-state index in [9.17, 15) is 9.36 Å². The summed E-state index contributed by atoms with van der Waals surface area (Å²) < 4.78 is 23.1. The molecule has 2 aromatic rings. The Kier molecular flexibility index (Phi) is 5.45. The van der Waals surface area contributed by atoms with Crippen molar-refractivity contribution in [3.05, 3.63) is 73.3 Å². The molecule has 0 amide bonds. The van der Waals surface area contributed by atoms with Crippen LogP contribution in [0.2, 0.25) is 0 Å². The van der Waals surface area contributed by atoms with Crippen LogP contribution in [0.1, 0.15) is 10.4 Å². The molecule has 0 aliphatic carbocycles. The standard InChI is InChI=1S/C17H17O4P/c1-3-12-20-22(19,21-13-4-2)17(18)16-11-7-9-14-8-5-6-10-15(14)16/h3-11H,1-2,12-13H2. The second-order valence-corrected chi connectivity index (χ2v) is 6.42. The van der Waals surface area contributed by atoms with Crippen molar-refractivity contribution in [3.8, 4) is 0 Å². The summed E-state index contributed by atoms with van der Waals surface area (Å²) in [5.41, 5.74) is -0.345. The Labute approximate surface area is 129 Å². The molecule has 4 nitrogen and oxygen atoms in total. The number of rotatable bonds is 8. The fourth-order valence-electron chi connectivity index (χ4n) is 2.02. The Morgan fingerprint density at radius 3 is 2.23 bits per heavy atom. The fraction of sp³-hybridized carbons (Fsp3) is 0.118. The Bertz CT molecular complexity index is 730. The molecule has 114 valence electrons. The summed E-state index contributed by atoms with van der Waals surface area (Å²) in [4.78, 5) is 12.7. The molecule has 0 fully saturated rings. The molecule has 0 aliphatic rings. The molecule has 0 radical (unpaired) electrons. The number of benzene rings is 2. The highest BCUT2D eigenvalue weighted by atomic mass is 31.2. The average Bonchev–Trinajstić information content (AvgIpc) is 2.57. The summed E-state index contributed by atoms with van der Waals surface area (Å²) in [7, 11) is -3.95. The normalized spacial score (nSPS) is 11.3. The lowest BCUT2D eigenvalue weighted by molar-refractivity contribution is 0.101. The first-order chi connectivity index (χ1) is 10.6. The van der Waals surface area contributed by atoms with Crippen LogP contribution in [-0.2, 0) is 13.6 Å². The zero-order valence-electron chi connectivity index (χ0n) is 12.1. The van der Waals surface area contributed by atoms with E-state index < -0.39 is 13.1 Å². The molecule has 0 heterocycles. The van der Waals surface area contributed by atoms with Crippen molar-refractivity contribution in [2.45, 2.75) is 0 Å². The van der Waals surface area contributed by atoms with Crippen LogP contribution < -0.4 is 0 Å². The lowest BCUT2D eigenvalue weighted by Crippen LogP contribution is -2.08. The van der Waals surface area contributed by atoms with E-state index in [-0.39, 0.29) is 13.2 Å². The van der Waals surface area contributed by atoms with Gasteiger partial charge in [0.15, 0.2) is 0 Å². The van der Waals surface area contributed by atoms with E-state index in [0.717, 1.165) is 5.39 Å². The smallest absolute Gasteiger partial charge is 0.299 e. The minimum Gasteiger partial charge on any atom is -0.299 e. The molecule has 0 aromatic heterocycles. The first kappa shape index (κ1) is 16.4. The van der Waals surface area contributed by atoms with Crippen LogP contribution in [0.3, 0.4) is 0 Å². The number of hydrogen-bond acceptors (Lipinski definition) is 4. The molecule has 22 heavy (non-hydrogen) atoms. The number of carbonyl (C=O) groups excluding carboxylic acids is 1. The highest BCUT2D eigenvalue weighted by molar-refractivity contribution is 7.72. The van der Waals surface area contributed by atoms with Gasteiger partial charge < -0.3 is 0 Å². The predicted molar refractivity (Wildman–Crippen MR) is 88.2 cm³/mol. The Hall–Kier alpha value is -2.00. The van der Waals surface area contributed by atoms with Gasteiger partial charge in [0.25, 0.3) is 5.52 Å². The largest absolute Gasteiger partial charge is 0.402 e. The molecule has 0 bridgehead atoms. The minimum atomic E-state index is -3.95. The van der Waals surface area contributed by atoms with Crippen molar-refractivity contribution in [3.63, 3.8) is 0 Å². The minimum absolute atomic E-state index is 0.0368. The average molecular weight is 316 g/mol. The van der Waals surface area contributed by atoms with E-state index in [2.05, 4.69) is 13.2 Å². The molecule has 0 spiro atoms. The lowest BCUT2D eigenvalue weighted by atomic mass is 10.1. The molecule has 2 aromatic carbocycles. The van der Waals surface area contributed by atoms with Crippen molar-refractivity contribution in [1.29, 1.82) is 0 Å². The third-order valence-corrected chi connectivity index (χ3v) is 4.71. The van der Waals surface area contributed by atoms with Crippen molar-refractivity contribution >= 4 is 23.9 Å². The monoisotopic (exact) mass is 316 g/mol. The van der Waals surface area contributed by atoms with E-state index >= 15 is 0 Å². The van der Waals surface area contributed by atoms with Crippen molar-refractivity contribution in [1.82, 2.24) is 0 Å². The van der Waals surface area contributed by atoms with E-state index in [1.165, 1.54) is 12.2 Å². The second-order valence-electron chi connectivity index (χ2n) is 4.50. The zero-order valence-corrected chi connectivity index (χ0v) is 13.0. The first-order valence-corrected chi connectivity index (χ1v) is 8.30. The summed E-state index contributed by atoms with van der Waals surface area (Å²) in [6, 6.07) is 12.6. The maximum atomic E-state index is 12.8. The Morgan fingerprint density at radius 2 is 1.59 bits per heavy atom. The van der Waals surface area contributed by atoms with Gasteiger partial charge in [0.1, 0.15) is 0 Å². The predicted octanol–water partition coefficient (Wildman–Crippen LogP) is 4.58. The summed E-state index contributed by atoms with van der Waals surface area (Å²) in [5, 5.41) is 1.59. The fourth-order valence-corrected chi connectivity index (χ4v) is 3.42.